The summed E-state index contributed by atoms with van der Waals surface area (Å²) < 4.78 is 5.07. The number of rotatable bonds is 7. The number of methoxy groups -OCH3 is 1. The molecule has 0 spiro atoms. The van der Waals surface area contributed by atoms with Gasteiger partial charge in [0.25, 0.3) is 5.69 Å². The van der Waals surface area contributed by atoms with Crippen molar-refractivity contribution in [2.45, 2.75) is 18.0 Å². The predicted octanol–water partition coefficient (Wildman–Crippen LogP) is 3.18. The van der Waals surface area contributed by atoms with E-state index in [2.05, 4.69) is 5.32 Å². The summed E-state index contributed by atoms with van der Waals surface area (Å²) in [5.41, 5.74) is -1.83. The summed E-state index contributed by atoms with van der Waals surface area (Å²) in [4.78, 5) is 53.2. The van der Waals surface area contributed by atoms with Crippen molar-refractivity contribution >= 4 is 40.5 Å². The van der Waals surface area contributed by atoms with Crippen molar-refractivity contribution in [2.24, 2.45) is 11.8 Å². The van der Waals surface area contributed by atoms with Crippen LogP contribution in [0.15, 0.2) is 66.0 Å². The Kier molecular flexibility index (Phi) is 5.81. The number of anilines is 1. The third-order valence-corrected chi connectivity index (χ3v) is 7.79. The number of carbonyl (C=O) groups is 3. The maximum absolute atomic E-state index is 13.9. The van der Waals surface area contributed by atoms with Crippen LogP contribution in [0.5, 0.6) is 5.75 Å². The highest BCUT2D eigenvalue weighted by molar-refractivity contribution is 7.10. The lowest BCUT2D eigenvalue weighted by Gasteiger charge is -2.31. The Morgan fingerprint density at radius 1 is 1.17 bits per heavy atom. The van der Waals surface area contributed by atoms with Crippen molar-refractivity contribution in [3.8, 4) is 5.75 Å². The van der Waals surface area contributed by atoms with E-state index in [1.165, 1.54) is 30.6 Å². The number of amides is 2. The molecule has 2 N–H and O–H groups in total. The zero-order valence-corrected chi connectivity index (χ0v) is 19.8. The number of imide groups is 1. The number of carboxylic acids is 1. The lowest BCUT2D eigenvalue weighted by molar-refractivity contribution is -0.384. The molecular formula is C25H21N3O7S. The number of thiophene rings is 1. The van der Waals surface area contributed by atoms with E-state index < -0.39 is 51.8 Å². The highest BCUT2D eigenvalue weighted by Crippen LogP contribution is 2.52. The van der Waals surface area contributed by atoms with Crippen LogP contribution in [-0.4, -0.2) is 40.5 Å². The summed E-state index contributed by atoms with van der Waals surface area (Å²) in [6.07, 6.45) is -0.0518. The van der Waals surface area contributed by atoms with Crippen molar-refractivity contribution in [1.82, 2.24) is 5.32 Å². The van der Waals surface area contributed by atoms with Gasteiger partial charge in [-0.15, -0.1) is 11.3 Å². The number of nitro groups is 1. The first-order chi connectivity index (χ1) is 17.3. The molecule has 4 unspecified atom stereocenters. The van der Waals surface area contributed by atoms with Gasteiger partial charge in [0.05, 0.1) is 36.0 Å². The molecule has 0 aliphatic carbocycles. The van der Waals surface area contributed by atoms with Crippen molar-refractivity contribution < 1.29 is 29.2 Å². The highest BCUT2D eigenvalue weighted by atomic mass is 32.1. The first kappa shape index (κ1) is 23.6. The molecule has 10 nitrogen and oxygen atoms in total. The summed E-state index contributed by atoms with van der Waals surface area (Å²) in [5, 5.41) is 27.3. The minimum atomic E-state index is -1.80. The van der Waals surface area contributed by atoms with Gasteiger partial charge < -0.3 is 9.84 Å². The van der Waals surface area contributed by atoms with Crippen molar-refractivity contribution in [3.05, 3.63) is 86.6 Å². The SMILES string of the molecule is COc1ccc(N2C(=O)C3C(c4cccs4)NC(Cc4ccccc4)(C(=O)O)C3C2=O)c([N+](=O)[O-])c1. The fourth-order valence-electron chi connectivity index (χ4n) is 5.27. The quantitative estimate of drug-likeness (QED) is 0.282. The Hall–Kier alpha value is -4.09. The Morgan fingerprint density at radius 2 is 1.92 bits per heavy atom. The van der Waals surface area contributed by atoms with E-state index in [0.29, 0.717) is 10.4 Å². The normalized spacial score (nSPS) is 25.1. The van der Waals surface area contributed by atoms with Gasteiger partial charge in [0.15, 0.2) is 0 Å². The monoisotopic (exact) mass is 507 g/mol. The summed E-state index contributed by atoms with van der Waals surface area (Å²) in [7, 11) is 1.34. The first-order valence-corrected chi connectivity index (χ1v) is 11.9. The zero-order valence-electron chi connectivity index (χ0n) is 19.0. The van der Waals surface area contributed by atoms with Gasteiger partial charge in [0.1, 0.15) is 17.0 Å². The average molecular weight is 508 g/mol. The highest BCUT2D eigenvalue weighted by Gasteiger charge is 2.69. The standard InChI is InChI=1S/C25H21N3O7S/c1-35-15-9-10-16(17(12-15)28(33)34)27-22(29)19-20(23(27)30)25(24(31)32,13-14-6-3-2-4-7-14)26-21(19)18-8-5-11-36-18/h2-12,19-21,26H,13H2,1H3,(H,31,32). The number of hydrogen-bond acceptors (Lipinski definition) is 8. The summed E-state index contributed by atoms with van der Waals surface area (Å²) >= 11 is 1.34. The van der Waals surface area contributed by atoms with Crippen molar-refractivity contribution in [2.75, 3.05) is 12.0 Å². The maximum atomic E-state index is 13.9. The first-order valence-electron chi connectivity index (χ1n) is 11.1. The van der Waals surface area contributed by atoms with Crippen LogP contribution in [0.25, 0.3) is 0 Å². The molecule has 184 valence electrons. The van der Waals surface area contributed by atoms with Crippen LogP contribution in [0.2, 0.25) is 0 Å². The lowest BCUT2D eigenvalue weighted by atomic mass is 9.76. The van der Waals surface area contributed by atoms with Gasteiger partial charge in [-0.1, -0.05) is 36.4 Å². The Bertz CT molecular complexity index is 1360. The number of aliphatic carboxylic acids is 1. The zero-order chi connectivity index (χ0) is 25.6. The van der Waals surface area contributed by atoms with Crippen LogP contribution in [0.3, 0.4) is 0 Å². The van der Waals surface area contributed by atoms with Crippen LogP contribution >= 0.6 is 11.3 Å². The molecule has 2 aliphatic heterocycles. The molecular weight excluding hydrogens is 486 g/mol. The summed E-state index contributed by atoms with van der Waals surface area (Å²) in [5.74, 6) is -4.89. The molecule has 2 aliphatic rings. The van der Waals surface area contributed by atoms with Gasteiger partial charge in [-0.2, -0.15) is 0 Å². The second-order valence-electron chi connectivity index (χ2n) is 8.70. The predicted molar refractivity (Wildman–Crippen MR) is 130 cm³/mol. The van der Waals surface area contributed by atoms with Crippen LogP contribution in [0.4, 0.5) is 11.4 Å². The van der Waals surface area contributed by atoms with Crippen molar-refractivity contribution in [1.29, 1.82) is 0 Å². The Balaban J connectivity index is 1.67. The van der Waals surface area contributed by atoms with E-state index in [-0.39, 0.29) is 17.9 Å². The topological polar surface area (TPSA) is 139 Å². The molecule has 0 bridgehead atoms. The number of nitro benzene ring substituents is 1. The summed E-state index contributed by atoms with van der Waals surface area (Å²) in [6, 6.07) is 15.5. The van der Waals surface area contributed by atoms with Crippen LogP contribution < -0.4 is 15.0 Å². The maximum Gasteiger partial charge on any atom is 0.325 e. The molecule has 2 saturated heterocycles. The number of benzene rings is 2. The number of carbonyl (C=O) groups excluding carboxylic acids is 2. The van der Waals surface area contributed by atoms with Gasteiger partial charge in [-0.05, 0) is 29.1 Å². The molecule has 0 saturated carbocycles. The van der Waals surface area contributed by atoms with Gasteiger partial charge in [0, 0.05) is 11.3 Å². The molecule has 3 aromatic rings. The van der Waals surface area contributed by atoms with E-state index in [4.69, 9.17) is 4.74 Å². The second kappa shape index (κ2) is 8.85. The van der Waals surface area contributed by atoms with E-state index >= 15 is 0 Å². The minimum Gasteiger partial charge on any atom is -0.496 e. The molecule has 3 heterocycles. The number of nitrogens with one attached hydrogen (secondary N) is 1. The molecule has 2 fully saturated rings. The number of ether oxygens (including phenoxy) is 1. The molecule has 2 aromatic carbocycles. The van der Waals surface area contributed by atoms with Gasteiger partial charge in [-0.3, -0.25) is 29.8 Å². The third-order valence-electron chi connectivity index (χ3n) is 6.83. The van der Waals surface area contributed by atoms with Crippen LogP contribution in [-0.2, 0) is 20.8 Å². The van der Waals surface area contributed by atoms with E-state index in [1.807, 2.05) is 0 Å². The number of hydrogen-bond donors (Lipinski definition) is 2. The summed E-state index contributed by atoms with van der Waals surface area (Å²) in [6.45, 7) is 0. The lowest BCUT2D eigenvalue weighted by Crippen LogP contribution is -2.57. The van der Waals surface area contributed by atoms with E-state index in [9.17, 15) is 29.6 Å². The van der Waals surface area contributed by atoms with Crippen molar-refractivity contribution in [3.63, 3.8) is 0 Å². The Morgan fingerprint density at radius 3 is 2.53 bits per heavy atom. The van der Waals surface area contributed by atoms with Gasteiger partial charge in [-0.25, -0.2) is 4.90 Å². The number of fused-ring (bicyclic) bond motifs is 1. The Labute approximate surface area is 209 Å². The van der Waals surface area contributed by atoms with Gasteiger partial charge in [0.2, 0.25) is 11.8 Å². The molecule has 11 heteroatoms. The molecule has 0 radical (unpaired) electrons. The smallest absolute Gasteiger partial charge is 0.325 e. The fraction of sp³-hybridized carbons (Fsp3) is 0.240. The van der Waals surface area contributed by atoms with Crippen LogP contribution in [0.1, 0.15) is 16.5 Å². The van der Waals surface area contributed by atoms with E-state index in [1.54, 1.807) is 47.8 Å². The second-order valence-corrected chi connectivity index (χ2v) is 9.68. The minimum absolute atomic E-state index is 0.0518. The molecule has 5 rings (SSSR count). The van der Waals surface area contributed by atoms with E-state index in [0.717, 1.165) is 11.0 Å². The number of nitrogens with zero attached hydrogens (tertiary/aromatic N) is 2. The average Bonchev–Trinajstić information content (AvgIpc) is 3.57. The molecule has 1 aromatic heterocycles. The van der Waals surface area contributed by atoms with Gasteiger partial charge >= 0.3 is 5.97 Å². The number of carboxylic acid groups (broad SMARTS) is 1. The molecule has 4 atom stereocenters. The largest absolute Gasteiger partial charge is 0.496 e. The third kappa shape index (κ3) is 3.55. The molecule has 36 heavy (non-hydrogen) atoms. The fourth-order valence-corrected chi connectivity index (χ4v) is 6.09. The van der Waals surface area contributed by atoms with Crippen LogP contribution in [0, 0.1) is 22.0 Å². The molecule has 2 amide bonds.